The average Bonchev–Trinajstić information content (AvgIpc) is 2.84. The van der Waals surface area contributed by atoms with E-state index in [9.17, 15) is 9.59 Å². The number of hydrogen-bond donors (Lipinski definition) is 1. The van der Waals surface area contributed by atoms with Gasteiger partial charge in [0.25, 0.3) is 5.91 Å². The van der Waals surface area contributed by atoms with Crippen molar-refractivity contribution in [2.75, 3.05) is 26.2 Å². The number of amides is 2. The predicted octanol–water partition coefficient (Wildman–Crippen LogP) is 3.05. The Balaban J connectivity index is 1.51. The Morgan fingerprint density at radius 3 is 2.38 bits per heavy atom. The van der Waals surface area contributed by atoms with Crippen LogP contribution < -0.4 is 0 Å². The zero-order chi connectivity index (χ0) is 16.8. The maximum atomic E-state index is 12.7. The van der Waals surface area contributed by atoms with E-state index in [1.165, 1.54) is 38.5 Å². The Kier molecular flexibility index (Phi) is 5.94. The van der Waals surface area contributed by atoms with Gasteiger partial charge < -0.3 is 14.8 Å². The van der Waals surface area contributed by atoms with Gasteiger partial charge in [-0.2, -0.15) is 0 Å². The highest BCUT2D eigenvalue weighted by Crippen LogP contribution is 2.26. The fourth-order valence-electron chi connectivity index (χ4n) is 3.95. The van der Waals surface area contributed by atoms with Crippen LogP contribution in [0.3, 0.4) is 0 Å². The molecule has 2 fully saturated rings. The first-order valence-corrected chi connectivity index (χ1v) is 9.44. The van der Waals surface area contributed by atoms with Crippen LogP contribution in [0.25, 0.3) is 0 Å². The Morgan fingerprint density at radius 1 is 0.958 bits per heavy atom. The number of H-pyrrole nitrogens is 1. The van der Waals surface area contributed by atoms with Gasteiger partial charge in [0.05, 0.1) is 0 Å². The number of nitrogens with zero attached hydrogens (tertiary/aromatic N) is 2. The lowest BCUT2D eigenvalue weighted by molar-refractivity contribution is -0.132. The molecule has 0 atom stereocenters. The summed E-state index contributed by atoms with van der Waals surface area (Å²) in [4.78, 5) is 31.9. The number of aromatic nitrogens is 1. The third-order valence-electron chi connectivity index (χ3n) is 5.40. The van der Waals surface area contributed by atoms with Crippen molar-refractivity contribution in [2.24, 2.45) is 5.92 Å². The lowest BCUT2D eigenvalue weighted by Crippen LogP contribution is -2.38. The molecule has 1 N–H and O–H groups in total. The van der Waals surface area contributed by atoms with Gasteiger partial charge >= 0.3 is 0 Å². The van der Waals surface area contributed by atoms with Crippen molar-refractivity contribution in [2.45, 2.75) is 51.4 Å². The molecule has 5 heteroatoms. The number of nitrogens with one attached hydrogen (secondary N) is 1. The van der Waals surface area contributed by atoms with Crippen LogP contribution in [0, 0.1) is 5.92 Å². The molecule has 0 spiro atoms. The molecule has 2 heterocycles. The van der Waals surface area contributed by atoms with Crippen LogP contribution in [-0.4, -0.2) is 52.8 Å². The number of carbonyl (C=O) groups is 2. The molecule has 2 amide bonds. The first-order chi connectivity index (χ1) is 11.7. The van der Waals surface area contributed by atoms with Crippen LogP contribution in [-0.2, 0) is 4.79 Å². The van der Waals surface area contributed by atoms with Crippen molar-refractivity contribution in [3.8, 4) is 0 Å². The number of hydrogen-bond acceptors (Lipinski definition) is 2. The van der Waals surface area contributed by atoms with E-state index in [4.69, 9.17) is 0 Å². The molecule has 5 nitrogen and oxygen atoms in total. The minimum Gasteiger partial charge on any atom is -0.357 e. The van der Waals surface area contributed by atoms with E-state index in [0.29, 0.717) is 31.1 Å². The Bertz CT molecular complexity index is 533. The van der Waals surface area contributed by atoms with E-state index >= 15 is 0 Å². The maximum Gasteiger partial charge on any atom is 0.270 e. The standard InChI is InChI=1S/C19H29N3O2/c23-18(15-16-7-3-1-2-4-8-16)21-11-6-12-22(14-13-21)19(24)17-9-5-10-20-17/h5,9-10,16,20H,1-4,6-8,11-15H2. The van der Waals surface area contributed by atoms with Gasteiger partial charge in [0.1, 0.15) is 5.69 Å². The van der Waals surface area contributed by atoms with Gasteiger partial charge in [-0.25, -0.2) is 0 Å². The van der Waals surface area contributed by atoms with Crippen molar-refractivity contribution in [1.29, 1.82) is 0 Å². The topological polar surface area (TPSA) is 56.4 Å². The molecule has 24 heavy (non-hydrogen) atoms. The highest BCUT2D eigenvalue weighted by atomic mass is 16.2. The Labute approximate surface area is 144 Å². The lowest BCUT2D eigenvalue weighted by Gasteiger charge is -2.24. The first kappa shape index (κ1) is 17.1. The summed E-state index contributed by atoms with van der Waals surface area (Å²) in [5.74, 6) is 0.897. The van der Waals surface area contributed by atoms with E-state index in [1.54, 1.807) is 6.20 Å². The summed E-state index contributed by atoms with van der Waals surface area (Å²) in [6, 6.07) is 3.65. The fourth-order valence-corrected chi connectivity index (χ4v) is 3.95. The monoisotopic (exact) mass is 331 g/mol. The number of carbonyl (C=O) groups excluding carboxylic acids is 2. The lowest BCUT2D eigenvalue weighted by atomic mass is 9.96. The second kappa shape index (κ2) is 8.36. The third kappa shape index (κ3) is 4.40. The molecule has 0 unspecified atom stereocenters. The zero-order valence-corrected chi connectivity index (χ0v) is 14.5. The van der Waals surface area contributed by atoms with E-state index in [0.717, 1.165) is 19.5 Å². The molecule has 2 aliphatic rings. The molecule has 0 radical (unpaired) electrons. The Hall–Kier alpha value is -1.78. The summed E-state index contributed by atoms with van der Waals surface area (Å²) >= 11 is 0. The van der Waals surface area contributed by atoms with Gasteiger partial charge in [0, 0.05) is 38.8 Å². The van der Waals surface area contributed by atoms with Crippen molar-refractivity contribution in [3.63, 3.8) is 0 Å². The second-order valence-corrected chi connectivity index (χ2v) is 7.17. The van der Waals surface area contributed by atoms with Gasteiger partial charge in [-0.15, -0.1) is 0 Å². The summed E-state index contributed by atoms with van der Waals surface area (Å²) in [7, 11) is 0. The van der Waals surface area contributed by atoms with Crippen molar-refractivity contribution < 1.29 is 9.59 Å². The fraction of sp³-hybridized carbons (Fsp3) is 0.684. The van der Waals surface area contributed by atoms with Gasteiger partial charge in [0.2, 0.25) is 5.91 Å². The number of aromatic amines is 1. The Morgan fingerprint density at radius 2 is 1.67 bits per heavy atom. The van der Waals surface area contributed by atoms with E-state index in [1.807, 2.05) is 21.9 Å². The van der Waals surface area contributed by atoms with Gasteiger partial charge in [-0.1, -0.05) is 25.7 Å². The molecule has 1 aliphatic carbocycles. The normalized spacial score (nSPS) is 20.5. The van der Waals surface area contributed by atoms with Crippen LogP contribution in [0.15, 0.2) is 18.3 Å². The summed E-state index contributed by atoms with van der Waals surface area (Å²) < 4.78 is 0. The first-order valence-electron chi connectivity index (χ1n) is 9.44. The van der Waals surface area contributed by atoms with Gasteiger partial charge in [0.15, 0.2) is 0 Å². The minimum atomic E-state index is 0.0399. The molecule has 132 valence electrons. The summed E-state index contributed by atoms with van der Waals surface area (Å²) in [6.07, 6.45) is 10.9. The molecular formula is C19H29N3O2. The average molecular weight is 331 g/mol. The molecular weight excluding hydrogens is 302 g/mol. The van der Waals surface area contributed by atoms with Crippen LogP contribution >= 0.6 is 0 Å². The largest absolute Gasteiger partial charge is 0.357 e. The van der Waals surface area contributed by atoms with Crippen LogP contribution in [0.2, 0.25) is 0 Å². The predicted molar refractivity (Wildman–Crippen MR) is 93.7 cm³/mol. The molecule has 1 aromatic rings. The smallest absolute Gasteiger partial charge is 0.270 e. The maximum absolute atomic E-state index is 12.7. The summed E-state index contributed by atoms with van der Waals surface area (Å²) in [5.41, 5.74) is 0.633. The highest BCUT2D eigenvalue weighted by molar-refractivity contribution is 5.92. The van der Waals surface area contributed by atoms with Crippen molar-refractivity contribution >= 4 is 11.8 Å². The van der Waals surface area contributed by atoms with Crippen molar-refractivity contribution in [1.82, 2.24) is 14.8 Å². The van der Waals surface area contributed by atoms with Crippen LogP contribution in [0.5, 0.6) is 0 Å². The van der Waals surface area contributed by atoms with Crippen LogP contribution in [0.1, 0.15) is 61.9 Å². The molecule has 3 rings (SSSR count). The van der Waals surface area contributed by atoms with Gasteiger partial charge in [-0.3, -0.25) is 9.59 Å². The quantitative estimate of drug-likeness (QED) is 0.866. The van der Waals surface area contributed by atoms with Crippen molar-refractivity contribution in [3.05, 3.63) is 24.0 Å². The SMILES string of the molecule is O=C(CC1CCCCCC1)N1CCCN(C(=O)c2ccc[nH]2)CC1. The molecule has 0 aromatic carbocycles. The van der Waals surface area contributed by atoms with E-state index in [-0.39, 0.29) is 11.8 Å². The molecule has 1 saturated carbocycles. The highest BCUT2D eigenvalue weighted by Gasteiger charge is 2.25. The van der Waals surface area contributed by atoms with Crippen LogP contribution in [0.4, 0.5) is 0 Å². The zero-order valence-electron chi connectivity index (χ0n) is 14.5. The second-order valence-electron chi connectivity index (χ2n) is 7.17. The summed E-state index contributed by atoms with van der Waals surface area (Å²) in [5, 5.41) is 0. The van der Waals surface area contributed by atoms with Gasteiger partial charge in [-0.05, 0) is 37.3 Å². The molecule has 1 aromatic heterocycles. The minimum absolute atomic E-state index is 0.0399. The molecule has 0 bridgehead atoms. The van der Waals surface area contributed by atoms with E-state index in [2.05, 4.69) is 4.98 Å². The third-order valence-corrected chi connectivity index (χ3v) is 5.40. The summed E-state index contributed by atoms with van der Waals surface area (Å²) in [6.45, 7) is 2.80. The molecule has 1 saturated heterocycles. The molecule has 1 aliphatic heterocycles. The number of rotatable bonds is 3. The van der Waals surface area contributed by atoms with E-state index < -0.39 is 0 Å².